The van der Waals surface area contributed by atoms with Gasteiger partial charge in [-0.25, -0.2) is 0 Å². The zero-order valence-electron chi connectivity index (χ0n) is 12.1. The van der Waals surface area contributed by atoms with Gasteiger partial charge in [0.1, 0.15) is 0 Å². The first-order valence-electron chi connectivity index (χ1n) is 7.73. The molecule has 19 heavy (non-hydrogen) atoms. The molecular formula is C15H27N3O. The Morgan fingerprint density at radius 2 is 2.21 bits per heavy atom. The average molecular weight is 265 g/mol. The first-order chi connectivity index (χ1) is 9.40. The zero-order chi connectivity index (χ0) is 13.3. The van der Waals surface area contributed by atoms with Gasteiger partial charge in [0.05, 0.1) is 18.4 Å². The smallest absolute Gasteiger partial charge is 0.0594 e. The van der Waals surface area contributed by atoms with Gasteiger partial charge in [-0.1, -0.05) is 26.2 Å². The lowest BCUT2D eigenvalue weighted by Gasteiger charge is -2.22. The van der Waals surface area contributed by atoms with E-state index in [1.165, 1.54) is 37.8 Å². The molecular weight excluding hydrogens is 238 g/mol. The van der Waals surface area contributed by atoms with Gasteiger partial charge < -0.3 is 10.1 Å². The van der Waals surface area contributed by atoms with Gasteiger partial charge in [0.25, 0.3) is 0 Å². The second-order valence-corrected chi connectivity index (χ2v) is 5.35. The van der Waals surface area contributed by atoms with Crippen molar-refractivity contribution < 1.29 is 4.74 Å². The lowest BCUT2D eigenvalue weighted by atomic mass is 9.98. The molecule has 108 valence electrons. The molecule has 0 saturated heterocycles. The van der Waals surface area contributed by atoms with Crippen LogP contribution in [-0.4, -0.2) is 29.0 Å². The third kappa shape index (κ3) is 4.96. The highest BCUT2D eigenvalue weighted by atomic mass is 16.5. The summed E-state index contributed by atoms with van der Waals surface area (Å²) in [6.45, 7) is 5.81. The van der Waals surface area contributed by atoms with Crippen molar-refractivity contribution in [3.63, 3.8) is 0 Å². The van der Waals surface area contributed by atoms with Crippen LogP contribution in [0.25, 0.3) is 0 Å². The van der Waals surface area contributed by atoms with Crippen molar-refractivity contribution in [2.24, 2.45) is 0 Å². The second kappa shape index (κ2) is 8.33. The summed E-state index contributed by atoms with van der Waals surface area (Å²) in [6.07, 6.45) is 10.1. The lowest BCUT2D eigenvalue weighted by molar-refractivity contribution is 0.0302. The van der Waals surface area contributed by atoms with Gasteiger partial charge in [-0.2, -0.15) is 5.10 Å². The Morgan fingerprint density at radius 1 is 1.37 bits per heavy atom. The fourth-order valence-corrected chi connectivity index (χ4v) is 2.67. The minimum Gasteiger partial charge on any atom is -0.377 e. The van der Waals surface area contributed by atoms with E-state index in [9.17, 15) is 0 Å². The molecule has 1 aliphatic rings. The Balaban J connectivity index is 1.57. The Morgan fingerprint density at radius 3 is 3.00 bits per heavy atom. The van der Waals surface area contributed by atoms with Crippen LogP contribution < -0.4 is 5.32 Å². The number of hydrogen-bond acceptors (Lipinski definition) is 3. The molecule has 0 radical (unpaired) electrons. The molecule has 1 aromatic heterocycles. The fraction of sp³-hybridized carbons (Fsp3) is 0.800. The minimum absolute atomic E-state index is 0.515. The Kier molecular flexibility index (Phi) is 6.37. The molecule has 1 aromatic rings. The minimum atomic E-state index is 0.515. The molecule has 4 nitrogen and oxygen atoms in total. The van der Waals surface area contributed by atoms with E-state index in [1.807, 2.05) is 6.20 Å². The van der Waals surface area contributed by atoms with Crippen molar-refractivity contribution in [3.8, 4) is 0 Å². The molecule has 1 fully saturated rings. The summed E-state index contributed by atoms with van der Waals surface area (Å²) in [6, 6.07) is 2.09. The third-order valence-electron chi connectivity index (χ3n) is 3.73. The van der Waals surface area contributed by atoms with Crippen LogP contribution in [0.4, 0.5) is 0 Å². The van der Waals surface area contributed by atoms with E-state index < -0.39 is 0 Å². The fourth-order valence-electron chi connectivity index (χ4n) is 2.67. The summed E-state index contributed by atoms with van der Waals surface area (Å²) in [5.41, 5.74) is 1.26. The van der Waals surface area contributed by atoms with E-state index in [0.717, 1.165) is 32.7 Å². The van der Waals surface area contributed by atoms with Gasteiger partial charge in [-0.05, 0) is 25.3 Å². The number of aromatic nitrogens is 2. The maximum absolute atomic E-state index is 5.90. The summed E-state index contributed by atoms with van der Waals surface area (Å²) in [5, 5.41) is 7.76. The maximum Gasteiger partial charge on any atom is 0.0594 e. The molecule has 1 saturated carbocycles. The standard InChI is InChI=1S/C15H27N3O/c1-2-11-18-14(8-9-17-18)13-16-10-12-19-15-6-4-3-5-7-15/h8-9,15-16H,2-7,10-13H2,1H3. The molecule has 1 aliphatic carbocycles. The molecule has 0 amide bonds. The molecule has 4 heteroatoms. The van der Waals surface area contributed by atoms with Crippen LogP contribution in [0, 0.1) is 0 Å². The number of aryl methyl sites for hydroxylation is 1. The van der Waals surface area contributed by atoms with E-state index in [-0.39, 0.29) is 0 Å². The molecule has 0 spiro atoms. The average Bonchev–Trinajstić information content (AvgIpc) is 2.88. The van der Waals surface area contributed by atoms with Crippen LogP contribution in [0.3, 0.4) is 0 Å². The van der Waals surface area contributed by atoms with Crippen LogP contribution in [0.15, 0.2) is 12.3 Å². The zero-order valence-corrected chi connectivity index (χ0v) is 12.1. The van der Waals surface area contributed by atoms with Gasteiger partial charge in [-0.3, -0.25) is 4.68 Å². The van der Waals surface area contributed by atoms with E-state index in [2.05, 4.69) is 28.1 Å². The lowest BCUT2D eigenvalue weighted by Crippen LogP contribution is -2.25. The number of ether oxygens (including phenoxy) is 1. The Bertz CT molecular complexity index is 345. The van der Waals surface area contributed by atoms with Gasteiger partial charge in [-0.15, -0.1) is 0 Å². The molecule has 1 heterocycles. The van der Waals surface area contributed by atoms with Crippen molar-refractivity contribution in [2.75, 3.05) is 13.2 Å². The van der Waals surface area contributed by atoms with Crippen LogP contribution in [0.2, 0.25) is 0 Å². The van der Waals surface area contributed by atoms with Gasteiger partial charge >= 0.3 is 0 Å². The summed E-state index contributed by atoms with van der Waals surface area (Å²) < 4.78 is 7.97. The van der Waals surface area contributed by atoms with Gasteiger partial charge in [0.15, 0.2) is 0 Å². The first kappa shape index (κ1) is 14.5. The maximum atomic E-state index is 5.90. The van der Waals surface area contributed by atoms with E-state index in [1.54, 1.807) is 0 Å². The van der Waals surface area contributed by atoms with Gasteiger partial charge in [0.2, 0.25) is 0 Å². The van der Waals surface area contributed by atoms with Crippen molar-refractivity contribution in [1.82, 2.24) is 15.1 Å². The molecule has 0 bridgehead atoms. The molecule has 0 aromatic carbocycles. The predicted molar refractivity (Wildman–Crippen MR) is 77.0 cm³/mol. The SMILES string of the molecule is CCCn1nccc1CNCCOC1CCCCC1. The van der Waals surface area contributed by atoms with Crippen molar-refractivity contribution in [3.05, 3.63) is 18.0 Å². The molecule has 2 rings (SSSR count). The second-order valence-electron chi connectivity index (χ2n) is 5.35. The van der Waals surface area contributed by atoms with Crippen molar-refractivity contribution >= 4 is 0 Å². The van der Waals surface area contributed by atoms with Crippen LogP contribution in [0.1, 0.15) is 51.1 Å². The molecule has 1 N–H and O–H groups in total. The Hall–Kier alpha value is -0.870. The predicted octanol–water partition coefficient (Wildman–Crippen LogP) is 2.73. The van der Waals surface area contributed by atoms with Crippen molar-refractivity contribution in [2.45, 2.75) is 64.6 Å². The highest BCUT2D eigenvalue weighted by Crippen LogP contribution is 2.19. The summed E-state index contributed by atoms with van der Waals surface area (Å²) in [7, 11) is 0. The number of rotatable bonds is 8. The number of nitrogens with zero attached hydrogens (tertiary/aromatic N) is 2. The highest BCUT2D eigenvalue weighted by molar-refractivity contribution is 4.99. The highest BCUT2D eigenvalue weighted by Gasteiger charge is 2.12. The van der Waals surface area contributed by atoms with Gasteiger partial charge in [0, 0.05) is 25.8 Å². The van der Waals surface area contributed by atoms with Crippen LogP contribution in [0.5, 0.6) is 0 Å². The number of hydrogen-bond donors (Lipinski definition) is 1. The first-order valence-corrected chi connectivity index (χ1v) is 7.73. The van der Waals surface area contributed by atoms with E-state index in [4.69, 9.17) is 4.74 Å². The molecule has 0 aliphatic heterocycles. The van der Waals surface area contributed by atoms with Crippen LogP contribution in [-0.2, 0) is 17.8 Å². The summed E-state index contributed by atoms with van der Waals surface area (Å²) >= 11 is 0. The normalized spacial score (nSPS) is 16.9. The summed E-state index contributed by atoms with van der Waals surface area (Å²) in [5.74, 6) is 0. The molecule has 0 unspecified atom stereocenters. The number of nitrogens with one attached hydrogen (secondary N) is 1. The van der Waals surface area contributed by atoms with Crippen molar-refractivity contribution in [1.29, 1.82) is 0 Å². The largest absolute Gasteiger partial charge is 0.377 e. The van der Waals surface area contributed by atoms with Crippen LogP contribution >= 0.6 is 0 Å². The Labute approximate surface area is 116 Å². The quantitative estimate of drug-likeness (QED) is 0.735. The molecule has 0 atom stereocenters. The summed E-state index contributed by atoms with van der Waals surface area (Å²) in [4.78, 5) is 0. The third-order valence-corrected chi connectivity index (χ3v) is 3.73. The topological polar surface area (TPSA) is 39.1 Å². The monoisotopic (exact) mass is 265 g/mol. The van der Waals surface area contributed by atoms with E-state index in [0.29, 0.717) is 6.10 Å². The van der Waals surface area contributed by atoms with E-state index >= 15 is 0 Å².